The molecule has 1 saturated heterocycles. The van der Waals surface area contributed by atoms with Crippen LogP contribution in [0, 0.1) is 0 Å². The largest absolute Gasteiger partial charge is 0.417 e. The molecular weight excluding hydrogens is 563 g/mol. The molecule has 0 saturated carbocycles. The Bertz CT molecular complexity index is 2130. The van der Waals surface area contributed by atoms with Gasteiger partial charge < -0.3 is 14.6 Å². The van der Waals surface area contributed by atoms with Crippen molar-refractivity contribution in [2.45, 2.75) is 18.7 Å². The number of hydrogen-bond donors (Lipinski definition) is 1. The number of imidazole rings is 3. The average Bonchev–Trinajstić information content (AvgIpc) is 3.69. The van der Waals surface area contributed by atoms with Crippen molar-refractivity contribution in [2.75, 3.05) is 18.0 Å². The maximum Gasteiger partial charge on any atom is 0.417 e. The van der Waals surface area contributed by atoms with Gasteiger partial charge in [0.2, 0.25) is 0 Å². The van der Waals surface area contributed by atoms with Gasteiger partial charge in [0.1, 0.15) is 5.69 Å². The predicted octanol–water partition coefficient (Wildman–Crippen LogP) is 3.61. The minimum absolute atomic E-state index is 0.0290. The van der Waals surface area contributed by atoms with Crippen LogP contribution in [0.15, 0.2) is 54.0 Å². The summed E-state index contributed by atoms with van der Waals surface area (Å²) in [6, 6.07) is 6.17. The molecule has 0 unspecified atom stereocenters. The van der Waals surface area contributed by atoms with Crippen LogP contribution in [0.5, 0.6) is 0 Å². The Morgan fingerprint density at radius 1 is 0.977 bits per heavy atom. The molecule has 0 amide bonds. The van der Waals surface area contributed by atoms with E-state index in [-0.39, 0.29) is 16.8 Å². The standard InChI is InChI=1S/C29H28F3N9O2/c1-28(43)13-40(14-28)23-7-17(6-22-25(23)39(5)27(42)38(22)4)41-21-9-19(29(30,31)32)18(16-10-34-37(3)12-16)8-20(21)35-26(41)24-11-33-15-36(24)2/h6-12,15,43H,13-14H2,1-5H3. The van der Waals surface area contributed by atoms with Gasteiger partial charge in [0.05, 0.1) is 63.3 Å². The highest BCUT2D eigenvalue weighted by Crippen LogP contribution is 2.42. The smallest absolute Gasteiger partial charge is 0.386 e. The molecule has 0 aliphatic carbocycles. The lowest BCUT2D eigenvalue weighted by Crippen LogP contribution is -2.60. The number of β-amino-alcohol motifs (C(OH)–C–C–N with tert-alkyl or cyclic N) is 1. The molecule has 6 aromatic rings. The van der Waals surface area contributed by atoms with Gasteiger partial charge in [0.15, 0.2) is 5.82 Å². The average molecular weight is 592 g/mol. The second-order valence-electron chi connectivity index (χ2n) is 11.5. The molecule has 0 atom stereocenters. The van der Waals surface area contributed by atoms with E-state index in [0.29, 0.717) is 58.1 Å². The fourth-order valence-electron chi connectivity index (χ4n) is 6.09. The highest BCUT2D eigenvalue weighted by Gasteiger charge is 2.39. The number of fused-ring (bicyclic) bond motifs is 2. The molecule has 0 bridgehead atoms. The summed E-state index contributed by atoms with van der Waals surface area (Å²) in [4.78, 5) is 24.1. The second-order valence-corrected chi connectivity index (χ2v) is 11.5. The van der Waals surface area contributed by atoms with Gasteiger partial charge in [-0.05, 0) is 36.8 Å². The third kappa shape index (κ3) is 4.07. The van der Waals surface area contributed by atoms with Gasteiger partial charge in [0.25, 0.3) is 0 Å². The number of aryl methyl sites for hydroxylation is 4. The molecule has 1 N–H and O–H groups in total. The van der Waals surface area contributed by atoms with Crippen molar-refractivity contribution in [3.05, 3.63) is 65.2 Å². The summed E-state index contributed by atoms with van der Waals surface area (Å²) >= 11 is 0. The van der Waals surface area contributed by atoms with E-state index in [4.69, 9.17) is 4.98 Å². The number of aromatic nitrogens is 8. The summed E-state index contributed by atoms with van der Waals surface area (Å²) in [7, 11) is 6.76. The lowest BCUT2D eigenvalue weighted by atomic mass is 9.95. The molecule has 7 rings (SSSR count). The highest BCUT2D eigenvalue weighted by molar-refractivity contribution is 5.95. The van der Waals surface area contributed by atoms with Gasteiger partial charge in [-0.15, -0.1) is 0 Å². The number of anilines is 1. The van der Waals surface area contributed by atoms with Crippen LogP contribution in [-0.2, 0) is 34.4 Å². The van der Waals surface area contributed by atoms with Crippen molar-refractivity contribution >= 4 is 27.8 Å². The van der Waals surface area contributed by atoms with Crippen LogP contribution in [0.1, 0.15) is 12.5 Å². The minimum Gasteiger partial charge on any atom is -0.386 e. The SMILES string of the molecule is Cn1cc(-c2cc3nc(-c4cncn4C)n(-c4cc(N5CC(C)(O)C5)c5c(c4)n(C)c(=O)n5C)c3cc2C(F)(F)F)cn1. The summed E-state index contributed by atoms with van der Waals surface area (Å²) < 4.78 is 51.7. The first-order valence-electron chi connectivity index (χ1n) is 13.5. The first kappa shape index (κ1) is 27.0. The molecule has 5 heterocycles. The summed E-state index contributed by atoms with van der Waals surface area (Å²) in [5.41, 5.74) is 1.93. The van der Waals surface area contributed by atoms with Crippen molar-refractivity contribution in [3.8, 4) is 28.3 Å². The van der Waals surface area contributed by atoms with Crippen LogP contribution in [0.25, 0.3) is 50.4 Å². The van der Waals surface area contributed by atoms with Crippen LogP contribution in [0.2, 0.25) is 0 Å². The fourth-order valence-corrected chi connectivity index (χ4v) is 6.09. The zero-order valence-electron chi connectivity index (χ0n) is 24.0. The zero-order valence-corrected chi connectivity index (χ0v) is 24.0. The van der Waals surface area contributed by atoms with Crippen molar-refractivity contribution < 1.29 is 18.3 Å². The summed E-state index contributed by atoms with van der Waals surface area (Å²) in [6.45, 7) is 2.40. The summed E-state index contributed by atoms with van der Waals surface area (Å²) in [6.07, 6.45) is 1.47. The van der Waals surface area contributed by atoms with Crippen LogP contribution in [-0.4, -0.2) is 61.8 Å². The van der Waals surface area contributed by atoms with Gasteiger partial charge in [-0.1, -0.05) is 0 Å². The number of alkyl halides is 3. The van der Waals surface area contributed by atoms with Crippen molar-refractivity contribution in [2.24, 2.45) is 28.2 Å². The maximum atomic E-state index is 14.6. The number of halogens is 3. The van der Waals surface area contributed by atoms with E-state index in [0.717, 1.165) is 6.07 Å². The van der Waals surface area contributed by atoms with E-state index in [1.165, 1.54) is 32.3 Å². The fraction of sp³-hybridized carbons (Fsp3) is 0.310. The van der Waals surface area contributed by atoms with E-state index in [9.17, 15) is 23.1 Å². The molecule has 222 valence electrons. The number of rotatable bonds is 4. The third-order valence-electron chi connectivity index (χ3n) is 8.15. The molecule has 4 aromatic heterocycles. The van der Waals surface area contributed by atoms with Gasteiger partial charge in [0, 0.05) is 53.0 Å². The first-order chi connectivity index (χ1) is 20.2. The Morgan fingerprint density at radius 3 is 2.33 bits per heavy atom. The molecule has 0 spiro atoms. The molecule has 2 aromatic carbocycles. The Kier molecular flexibility index (Phi) is 5.55. The quantitative estimate of drug-likeness (QED) is 0.336. The topological polar surface area (TPSA) is 104 Å². The van der Waals surface area contributed by atoms with Crippen molar-refractivity contribution in [3.63, 3.8) is 0 Å². The molecule has 1 aliphatic rings. The molecule has 43 heavy (non-hydrogen) atoms. The lowest BCUT2D eigenvalue weighted by Gasteiger charge is -2.46. The van der Waals surface area contributed by atoms with Gasteiger partial charge in [-0.3, -0.25) is 18.4 Å². The zero-order chi connectivity index (χ0) is 30.6. The van der Waals surface area contributed by atoms with E-state index in [1.807, 2.05) is 11.0 Å². The lowest BCUT2D eigenvalue weighted by molar-refractivity contribution is -0.137. The minimum atomic E-state index is -4.66. The van der Waals surface area contributed by atoms with Crippen LogP contribution in [0.3, 0.4) is 0 Å². The molecule has 1 aliphatic heterocycles. The summed E-state index contributed by atoms with van der Waals surface area (Å²) in [5, 5.41) is 14.6. The monoisotopic (exact) mass is 591 g/mol. The Hall–Kier alpha value is -4.85. The van der Waals surface area contributed by atoms with Gasteiger partial charge >= 0.3 is 11.9 Å². The van der Waals surface area contributed by atoms with Crippen LogP contribution >= 0.6 is 0 Å². The van der Waals surface area contributed by atoms with E-state index in [1.54, 1.807) is 62.8 Å². The Labute approximate surface area is 242 Å². The molecule has 14 heteroatoms. The third-order valence-corrected chi connectivity index (χ3v) is 8.15. The van der Waals surface area contributed by atoms with Crippen LogP contribution in [0.4, 0.5) is 18.9 Å². The van der Waals surface area contributed by atoms with Gasteiger partial charge in [-0.2, -0.15) is 18.3 Å². The normalized spacial score (nSPS) is 15.1. The van der Waals surface area contributed by atoms with Crippen molar-refractivity contribution in [1.29, 1.82) is 0 Å². The molecular formula is C29H28F3N9O2. The predicted molar refractivity (Wildman–Crippen MR) is 155 cm³/mol. The van der Waals surface area contributed by atoms with Gasteiger partial charge in [-0.25, -0.2) is 14.8 Å². The first-order valence-corrected chi connectivity index (χ1v) is 13.5. The van der Waals surface area contributed by atoms with E-state index < -0.39 is 17.3 Å². The molecule has 0 radical (unpaired) electrons. The number of hydrogen-bond acceptors (Lipinski definition) is 6. The van der Waals surface area contributed by atoms with E-state index in [2.05, 4.69) is 10.1 Å². The second kappa shape index (κ2) is 8.83. The van der Waals surface area contributed by atoms with E-state index >= 15 is 0 Å². The number of nitrogens with zero attached hydrogens (tertiary/aromatic N) is 9. The maximum absolute atomic E-state index is 14.6. The Balaban J connectivity index is 1.58. The Morgan fingerprint density at radius 2 is 1.72 bits per heavy atom. The molecule has 11 nitrogen and oxygen atoms in total. The number of aliphatic hydroxyl groups is 1. The number of benzene rings is 2. The highest BCUT2D eigenvalue weighted by atomic mass is 19.4. The summed E-state index contributed by atoms with van der Waals surface area (Å²) in [5.74, 6) is 0.383. The van der Waals surface area contributed by atoms with Crippen LogP contribution < -0.4 is 10.6 Å². The molecule has 1 fully saturated rings. The van der Waals surface area contributed by atoms with Crippen molar-refractivity contribution in [1.82, 2.24) is 38.0 Å².